The van der Waals surface area contributed by atoms with E-state index in [0.29, 0.717) is 0 Å². The highest BCUT2D eigenvalue weighted by Gasteiger charge is 2.20. The molecule has 0 saturated carbocycles. The molecule has 9 rings (SSSR count). The summed E-state index contributed by atoms with van der Waals surface area (Å²) in [4.78, 5) is 30.0. The van der Waals surface area contributed by atoms with E-state index in [1.54, 1.807) is 12.1 Å². The van der Waals surface area contributed by atoms with Gasteiger partial charge in [-0.25, -0.2) is 28.5 Å². The van der Waals surface area contributed by atoms with Crippen molar-refractivity contribution in [3.63, 3.8) is 0 Å². The Labute approximate surface area is 347 Å². The molecule has 2 aliphatic rings. The summed E-state index contributed by atoms with van der Waals surface area (Å²) in [5, 5.41) is 9.68. The zero-order chi connectivity index (χ0) is 36.9. The summed E-state index contributed by atoms with van der Waals surface area (Å²) in [5.41, 5.74) is 14.7. The van der Waals surface area contributed by atoms with E-state index in [0.717, 1.165) is 89.4 Å². The molecule has 8 heterocycles. The molecule has 12 heteroatoms. The lowest BCUT2D eigenvalue weighted by Crippen LogP contribution is -3.00. The van der Waals surface area contributed by atoms with Gasteiger partial charge < -0.3 is 52.3 Å². The largest absolute Gasteiger partial charge is 1.00 e. The lowest BCUT2D eigenvalue weighted by Gasteiger charge is -2.06. The lowest BCUT2D eigenvalue weighted by atomic mass is 10.0. The van der Waals surface area contributed by atoms with Gasteiger partial charge in [-0.3, -0.25) is 0 Å². The predicted molar refractivity (Wildman–Crippen MR) is 211 cm³/mol. The summed E-state index contributed by atoms with van der Waals surface area (Å²) in [6.07, 6.45) is 20.6. The Morgan fingerprint density at radius 3 is 1.09 bits per heavy atom. The van der Waals surface area contributed by atoms with Gasteiger partial charge in [0.1, 0.15) is 21.1 Å². The van der Waals surface area contributed by atoms with Crippen LogP contribution in [0.1, 0.15) is 33.1 Å². The highest BCUT2D eigenvalue weighted by molar-refractivity contribution is 6.00. The van der Waals surface area contributed by atoms with E-state index >= 15 is 0 Å². The first-order valence-electron chi connectivity index (χ1n) is 17.7. The third-order valence-corrected chi connectivity index (χ3v) is 9.98. The van der Waals surface area contributed by atoms with Crippen molar-refractivity contribution in [2.24, 2.45) is 21.1 Å². The highest BCUT2D eigenvalue weighted by Crippen LogP contribution is 2.38. The van der Waals surface area contributed by atoms with Crippen LogP contribution in [0.2, 0.25) is 0 Å². The molecule has 0 amide bonds. The molecule has 8 bridgehead atoms. The number of halogens is 3. The molecule has 0 saturated heterocycles. The zero-order valence-electron chi connectivity index (χ0n) is 31.1. The smallest absolute Gasteiger partial charge is 0.335 e. The zero-order valence-corrected chi connectivity index (χ0v) is 33.3. The lowest BCUT2D eigenvalue weighted by molar-refractivity contribution is -0.671. The highest BCUT2D eigenvalue weighted by atomic mass is 35.5. The number of hydrogen-bond acceptors (Lipinski definition) is 3. The monoisotopic (exact) mass is 811 g/mol. The van der Waals surface area contributed by atoms with Gasteiger partial charge in [-0.2, -0.15) is 0 Å². The van der Waals surface area contributed by atoms with Crippen LogP contribution in [-0.4, -0.2) is 31.0 Å². The summed E-state index contributed by atoms with van der Waals surface area (Å²) in [7, 11) is 6.02. The molecule has 3 N–H and O–H groups in total. The first-order valence-corrected chi connectivity index (χ1v) is 17.7. The number of pyridine rings is 3. The number of carboxylic acids is 1. The Hall–Kier alpha value is -6.39. The number of nitrogens with one attached hydrogen (secondary N) is 2. The Morgan fingerprint density at radius 2 is 0.737 bits per heavy atom. The van der Waals surface area contributed by atoms with Crippen LogP contribution in [0.4, 0.5) is 0 Å². The second kappa shape index (κ2) is 16.4. The number of rotatable bonds is 5. The Balaban J connectivity index is 0.00000183. The summed E-state index contributed by atoms with van der Waals surface area (Å²) in [6, 6.07) is 28.0. The van der Waals surface area contributed by atoms with Gasteiger partial charge in [0.2, 0.25) is 0 Å². The third-order valence-electron chi connectivity index (χ3n) is 9.98. The molecular formula is C45H36Cl3N7O2. The van der Waals surface area contributed by atoms with Gasteiger partial charge in [-0.15, -0.1) is 0 Å². The number of H-pyrrole nitrogens is 2. The van der Waals surface area contributed by atoms with Crippen molar-refractivity contribution in [2.45, 2.75) is 0 Å². The van der Waals surface area contributed by atoms with E-state index in [-0.39, 0.29) is 42.8 Å². The van der Waals surface area contributed by atoms with Crippen LogP contribution in [0.25, 0.3) is 90.9 Å². The molecule has 0 aliphatic carbocycles. The SMILES string of the molecule is C[n+]1ccc(-c2c3nc(c(-c4cc[n+](C)cc4)c4ccc([nH]4)c(-c4ccc(C(=O)O)cc4)c4ccc([nH]4)c(-c4cc[n+](C)cc4)c4nc2C=C4)C=C3)cc1.[Cl-].[Cl-].[Cl-]. The van der Waals surface area contributed by atoms with Gasteiger partial charge in [0, 0.05) is 80.7 Å². The second-order valence-corrected chi connectivity index (χ2v) is 13.6. The van der Waals surface area contributed by atoms with Gasteiger partial charge in [-0.1, -0.05) is 12.1 Å². The average molecular weight is 813 g/mol. The number of nitrogens with zero attached hydrogens (tertiary/aromatic N) is 5. The van der Waals surface area contributed by atoms with Crippen LogP contribution in [0.3, 0.4) is 0 Å². The van der Waals surface area contributed by atoms with E-state index in [1.165, 1.54) is 0 Å². The third kappa shape index (κ3) is 7.60. The first-order chi connectivity index (χ1) is 26.3. The average Bonchev–Trinajstić information content (AvgIpc) is 4.02. The van der Waals surface area contributed by atoms with Crippen LogP contribution in [0.15, 0.2) is 122 Å². The van der Waals surface area contributed by atoms with E-state index in [1.807, 2.05) is 84.2 Å². The molecule has 2 aliphatic heterocycles. The molecule has 1 aromatic carbocycles. The van der Waals surface area contributed by atoms with Gasteiger partial charge >= 0.3 is 5.97 Å². The predicted octanol–water partition coefficient (Wildman–Crippen LogP) is -1.49. The first kappa shape index (κ1) is 40.3. The van der Waals surface area contributed by atoms with Crippen LogP contribution < -0.4 is 50.9 Å². The summed E-state index contributed by atoms with van der Waals surface area (Å²) in [6.45, 7) is 0. The molecule has 57 heavy (non-hydrogen) atoms. The van der Waals surface area contributed by atoms with Crippen LogP contribution in [0, 0.1) is 0 Å². The number of benzene rings is 1. The van der Waals surface area contributed by atoms with Crippen LogP contribution in [0.5, 0.6) is 0 Å². The van der Waals surface area contributed by atoms with Crippen molar-refractivity contribution in [2.75, 3.05) is 0 Å². The molecule has 0 spiro atoms. The minimum absolute atomic E-state index is 0. The summed E-state index contributed by atoms with van der Waals surface area (Å²) in [5.74, 6) is -0.968. The number of carboxylic acid groups (broad SMARTS) is 1. The summed E-state index contributed by atoms with van der Waals surface area (Å²) >= 11 is 0. The minimum atomic E-state index is -0.968. The van der Waals surface area contributed by atoms with Crippen molar-refractivity contribution < 1.29 is 60.8 Å². The molecule has 0 fully saturated rings. The molecule has 0 unspecified atom stereocenters. The fourth-order valence-electron chi connectivity index (χ4n) is 7.20. The molecular weight excluding hydrogens is 777 g/mol. The van der Waals surface area contributed by atoms with E-state index in [4.69, 9.17) is 9.97 Å². The number of hydrogen-bond donors (Lipinski definition) is 3. The Bertz CT molecular complexity index is 2720. The van der Waals surface area contributed by atoms with Crippen molar-refractivity contribution >= 4 is 52.3 Å². The van der Waals surface area contributed by atoms with E-state index < -0.39 is 5.97 Å². The number of aromatic carboxylic acids is 1. The Kier molecular flexibility index (Phi) is 11.6. The molecule has 6 aromatic heterocycles. The standard InChI is InChI=1S/C45H33N7O2.3ClH/c1-50-22-16-29(17-23-50)42-35-10-8-33(46-35)41(28-4-6-32(7-5-28)45(53)54)34-9-11-36(47-34)43(30-18-24-51(2)25-19-30)38-13-15-40(49-38)44(39-14-12-37(42)48-39)31-20-26-52(3)27-21-31;;;/h4-27H,1-3H3;3*1H. The second-order valence-electron chi connectivity index (χ2n) is 13.6. The van der Waals surface area contributed by atoms with E-state index in [2.05, 4.69) is 94.9 Å². The van der Waals surface area contributed by atoms with Crippen molar-refractivity contribution in [1.82, 2.24) is 19.9 Å². The molecule has 284 valence electrons. The number of fused-ring (bicyclic) bond motifs is 8. The normalized spacial score (nSPS) is 11.4. The molecule has 7 aromatic rings. The Morgan fingerprint density at radius 1 is 0.439 bits per heavy atom. The van der Waals surface area contributed by atoms with Gasteiger partial charge in [0.25, 0.3) is 0 Å². The fraction of sp³-hybridized carbons (Fsp3) is 0.0667. The quantitative estimate of drug-likeness (QED) is 0.185. The van der Waals surface area contributed by atoms with Crippen molar-refractivity contribution in [3.05, 3.63) is 150 Å². The van der Waals surface area contributed by atoms with E-state index in [9.17, 15) is 9.90 Å². The maximum Gasteiger partial charge on any atom is 0.335 e. The van der Waals surface area contributed by atoms with Crippen LogP contribution >= 0.6 is 0 Å². The topological polar surface area (TPSA) is 106 Å². The number of aromatic amines is 2. The summed E-state index contributed by atoms with van der Waals surface area (Å²) < 4.78 is 6.05. The van der Waals surface area contributed by atoms with Gasteiger partial charge in [0.05, 0.1) is 28.3 Å². The van der Waals surface area contributed by atoms with Crippen molar-refractivity contribution in [3.8, 4) is 44.5 Å². The maximum absolute atomic E-state index is 11.8. The number of carbonyl (C=O) groups is 1. The van der Waals surface area contributed by atoms with Crippen LogP contribution in [-0.2, 0) is 21.1 Å². The number of aryl methyl sites for hydroxylation is 3. The molecule has 0 radical (unpaired) electrons. The molecule has 9 nitrogen and oxygen atoms in total. The minimum Gasteiger partial charge on any atom is -1.00 e. The number of aromatic nitrogens is 7. The van der Waals surface area contributed by atoms with Crippen molar-refractivity contribution in [1.29, 1.82) is 0 Å². The molecule has 0 atom stereocenters. The fourth-order valence-corrected chi connectivity index (χ4v) is 7.20. The van der Waals surface area contributed by atoms with Gasteiger partial charge in [-0.05, 0) is 83.0 Å². The van der Waals surface area contributed by atoms with Gasteiger partial charge in [0.15, 0.2) is 37.2 Å². The maximum atomic E-state index is 11.8.